The van der Waals surface area contributed by atoms with Crippen LogP contribution < -0.4 is 4.74 Å². The third kappa shape index (κ3) is 5.78. The van der Waals surface area contributed by atoms with Gasteiger partial charge < -0.3 is 14.6 Å². The van der Waals surface area contributed by atoms with Gasteiger partial charge >= 0.3 is 0 Å². The minimum atomic E-state index is 0.0934. The number of hydrogen-bond acceptors (Lipinski definition) is 3. The Bertz CT molecular complexity index is 429. The van der Waals surface area contributed by atoms with Gasteiger partial charge in [-0.15, -0.1) is 0 Å². The Morgan fingerprint density at radius 1 is 1.32 bits per heavy atom. The monoisotopic (exact) mass is 262 g/mol. The normalized spacial score (nSPS) is 9.84. The average Bonchev–Trinajstić information content (AvgIpc) is 2.44. The Balaban J connectivity index is 2.70. The maximum atomic E-state index is 8.71. The first-order valence-electron chi connectivity index (χ1n) is 6.66. The highest BCUT2D eigenvalue weighted by Crippen LogP contribution is 2.20. The Labute approximate surface area is 115 Å². The van der Waals surface area contributed by atoms with Crippen molar-refractivity contribution in [2.75, 3.05) is 20.3 Å². The predicted octanol–water partition coefficient (Wildman–Crippen LogP) is 2.75. The van der Waals surface area contributed by atoms with Crippen LogP contribution in [0.2, 0.25) is 0 Å². The molecule has 0 aliphatic heterocycles. The number of hydrogen-bond donors (Lipinski definition) is 1. The fourth-order valence-corrected chi connectivity index (χ4v) is 1.62. The van der Waals surface area contributed by atoms with Gasteiger partial charge in [0.1, 0.15) is 5.75 Å². The first kappa shape index (κ1) is 15.6. The van der Waals surface area contributed by atoms with E-state index in [2.05, 4.69) is 18.8 Å². The van der Waals surface area contributed by atoms with Crippen LogP contribution in [0.15, 0.2) is 18.2 Å². The van der Waals surface area contributed by atoms with Gasteiger partial charge in [0.05, 0.1) is 20.3 Å². The molecule has 0 unspecified atom stereocenters. The van der Waals surface area contributed by atoms with Gasteiger partial charge in [0.2, 0.25) is 0 Å². The van der Waals surface area contributed by atoms with Crippen LogP contribution in [0.1, 0.15) is 37.3 Å². The average molecular weight is 262 g/mol. The second-order valence-corrected chi connectivity index (χ2v) is 4.21. The van der Waals surface area contributed by atoms with Crippen LogP contribution in [0, 0.1) is 11.8 Å². The van der Waals surface area contributed by atoms with Crippen LogP contribution in [-0.4, -0.2) is 25.4 Å². The number of aliphatic hydroxyl groups is 1. The minimum absolute atomic E-state index is 0.0934. The molecule has 104 valence electrons. The molecule has 0 spiro atoms. The molecule has 3 nitrogen and oxygen atoms in total. The summed E-state index contributed by atoms with van der Waals surface area (Å²) in [5, 5.41) is 8.71. The summed E-state index contributed by atoms with van der Waals surface area (Å²) in [7, 11) is 1.65. The molecule has 0 aromatic heterocycles. The van der Waals surface area contributed by atoms with E-state index in [4.69, 9.17) is 14.6 Å². The number of benzene rings is 1. The molecule has 19 heavy (non-hydrogen) atoms. The van der Waals surface area contributed by atoms with E-state index in [-0.39, 0.29) is 6.61 Å². The van der Waals surface area contributed by atoms with Crippen molar-refractivity contribution in [3.63, 3.8) is 0 Å². The molecule has 0 aliphatic rings. The second-order valence-electron chi connectivity index (χ2n) is 4.21. The molecule has 1 aromatic rings. The molecule has 0 fully saturated rings. The third-order valence-electron chi connectivity index (χ3n) is 2.65. The fraction of sp³-hybridized carbons (Fsp3) is 0.500. The van der Waals surface area contributed by atoms with Crippen molar-refractivity contribution < 1.29 is 14.6 Å². The zero-order valence-electron chi connectivity index (χ0n) is 11.7. The molecule has 0 amide bonds. The second kappa shape index (κ2) is 9.43. The summed E-state index contributed by atoms with van der Waals surface area (Å²) in [6.07, 6.45) is 2.69. The molecule has 0 saturated carbocycles. The first-order chi connectivity index (χ1) is 9.31. The zero-order chi connectivity index (χ0) is 13.9. The molecule has 0 aliphatic carbocycles. The van der Waals surface area contributed by atoms with Gasteiger partial charge in [-0.2, -0.15) is 0 Å². The molecule has 0 saturated heterocycles. The SMILES string of the molecule is CCCCOCc1cc(C#CCCO)ccc1OC. The summed E-state index contributed by atoms with van der Waals surface area (Å²) >= 11 is 0. The van der Waals surface area contributed by atoms with Crippen LogP contribution in [0.4, 0.5) is 0 Å². The molecule has 0 atom stereocenters. The van der Waals surface area contributed by atoms with Crippen LogP contribution in [0.3, 0.4) is 0 Å². The summed E-state index contributed by atoms with van der Waals surface area (Å²) in [6, 6.07) is 5.80. The lowest BCUT2D eigenvalue weighted by atomic mass is 10.1. The topological polar surface area (TPSA) is 38.7 Å². The van der Waals surface area contributed by atoms with E-state index >= 15 is 0 Å². The van der Waals surface area contributed by atoms with Gasteiger partial charge in [-0.3, -0.25) is 0 Å². The summed E-state index contributed by atoms with van der Waals surface area (Å²) in [6.45, 7) is 3.54. The lowest BCUT2D eigenvalue weighted by Crippen LogP contribution is -1.98. The molecular weight excluding hydrogens is 240 g/mol. The van der Waals surface area contributed by atoms with Crippen molar-refractivity contribution in [3.05, 3.63) is 29.3 Å². The lowest BCUT2D eigenvalue weighted by molar-refractivity contribution is 0.116. The Morgan fingerprint density at radius 2 is 2.16 bits per heavy atom. The van der Waals surface area contributed by atoms with E-state index in [1.807, 2.05) is 18.2 Å². The van der Waals surface area contributed by atoms with E-state index in [1.54, 1.807) is 7.11 Å². The Kier molecular flexibility index (Phi) is 7.72. The molecule has 3 heteroatoms. The maximum Gasteiger partial charge on any atom is 0.124 e. The van der Waals surface area contributed by atoms with Crippen LogP contribution >= 0.6 is 0 Å². The highest BCUT2D eigenvalue weighted by Gasteiger charge is 2.03. The van der Waals surface area contributed by atoms with Crippen LogP contribution in [0.5, 0.6) is 5.75 Å². The summed E-state index contributed by atoms with van der Waals surface area (Å²) in [5.41, 5.74) is 1.93. The number of ether oxygens (including phenoxy) is 2. The summed E-state index contributed by atoms with van der Waals surface area (Å²) in [5.74, 6) is 6.75. The largest absolute Gasteiger partial charge is 0.496 e. The van der Waals surface area contributed by atoms with E-state index in [1.165, 1.54) is 0 Å². The van der Waals surface area contributed by atoms with Crippen molar-refractivity contribution in [1.29, 1.82) is 0 Å². The van der Waals surface area contributed by atoms with Crippen LogP contribution in [-0.2, 0) is 11.3 Å². The number of rotatable bonds is 7. The van der Waals surface area contributed by atoms with Crippen molar-refractivity contribution >= 4 is 0 Å². The van der Waals surface area contributed by atoms with Crippen molar-refractivity contribution in [2.24, 2.45) is 0 Å². The summed E-state index contributed by atoms with van der Waals surface area (Å²) < 4.78 is 10.9. The Hall–Kier alpha value is -1.50. The van der Waals surface area contributed by atoms with Crippen molar-refractivity contribution in [2.45, 2.75) is 32.8 Å². The first-order valence-corrected chi connectivity index (χ1v) is 6.66. The number of unbranched alkanes of at least 4 members (excludes halogenated alkanes) is 1. The minimum Gasteiger partial charge on any atom is -0.496 e. The highest BCUT2D eigenvalue weighted by molar-refractivity contribution is 5.43. The van der Waals surface area contributed by atoms with Gasteiger partial charge in [-0.1, -0.05) is 25.2 Å². The molecule has 1 aromatic carbocycles. The van der Waals surface area contributed by atoms with Gasteiger partial charge in [0.25, 0.3) is 0 Å². The van der Waals surface area contributed by atoms with Crippen molar-refractivity contribution in [3.8, 4) is 17.6 Å². The van der Waals surface area contributed by atoms with E-state index < -0.39 is 0 Å². The third-order valence-corrected chi connectivity index (χ3v) is 2.65. The van der Waals surface area contributed by atoms with Crippen LogP contribution in [0.25, 0.3) is 0 Å². The smallest absolute Gasteiger partial charge is 0.124 e. The van der Waals surface area contributed by atoms with E-state index in [0.29, 0.717) is 13.0 Å². The zero-order valence-corrected chi connectivity index (χ0v) is 11.7. The molecule has 0 bridgehead atoms. The predicted molar refractivity (Wildman–Crippen MR) is 76.1 cm³/mol. The molecular formula is C16H22O3. The molecule has 0 radical (unpaired) electrons. The van der Waals surface area contributed by atoms with Gasteiger partial charge in [0.15, 0.2) is 0 Å². The Morgan fingerprint density at radius 3 is 2.84 bits per heavy atom. The highest BCUT2D eigenvalue weighted by atomic mass is 16.5. The van der Waals surface area contributed by atoms with Gasteiger partial charge in [-0.05, 0) is 24.6 Å². The molecule has 0 heterocycles. The molecule has 1 N–H and O–H groups in total. The number of aliphatic hydroxyl groups excluding tert-OH is 1. The van der Waals surface area contributed by atoms with E-state index in [0.717, 1.165) is 36.3 Å². The maximum absolute atomic E-state index is 8.71. The fourth-order valence-electron chi connectivity index (χ4n) is 1.62. The van der Waals surface area contributed by atoms with Gasteiger partial charge in [-0.25, -0.2) is 0 Å². The summed E-state index contributed by atoms with van der Waals surface area (Å²) in [4.78, 5) is 0. The molecule has 1 rings (SSSR count). The number of methoxy groups -OCH3 is 1. The lowest BCUT2D eigenvalue weighted by Gasteiger charge is -2.09. The quantitative estimate of drug-likeness (QED) is 0.606. The van der Waals surface area contributed by atoms with Gasteiger partial charge in [0, 0.05) is 24.2 Å². The van der Waals surface area contributed by atoms with Crippen molar-refractivity contribution in [1.82, 2.24) is 0 Å². The van der Waals surface area contributed by atoms with E-state index in [9.17, 15) is 0 Å². The standard InChI is InChI=1S/C16H22O3/c1-3-4-11-19-13-15-12-14(7-5-6-10-17)8-9-16(15)18-2/h8-9,12,17H,3-4,6,10-11,13H2,1-2H3.